The van der Waals surface area contributed by atoms with E-state index in [9.17, 15) is 0 Å². The van der Waals surface area contributed by atoms with Gasteiger partial charge in [0.2, 0.25) is 0 Å². The summed E-state index contributed by atoms with van der Waals surface area (Å²) in [4.78, 5) is 0. The zero-order chi connectivity index (χ0) is 7.72. The monoisotopic (exact) mass is 302 g/mol. The highest BCUT2D eigenvalue weighted by molar-refractivity contribution is 9.11. The third kappa shape index (κ3) is 1.88. The Kier molecular flexibility index (Phi) is 3.04. The highest BCUT2D eigenvalue weighted by Crippen LogP contribution is 2.33. The second kappa shape index (κ2) is 3.44. The van der Waals surface area contributed by atoms with Crippen molar-refractivity contribution in [2.24, 2.45) is 0 Å². The Morgan fingerprint density at radius 1 is 1.00 bits per heavy atom. The maximum atomic E-state index is 5.80. The van der Waals surface area contributed by atoms with Gasteiger partial charge in [0.1, 0.15) is 0 Å². The maximum absolute atomic E-state index is 5.80. The van der Waals surface area contributed by atoms with Gasteiger partial charge in [0.15, 0.2) is 0 Å². The SMILES string of the molecule is Clc1cc(Br)c(Cl)c(Br)c1. The Labute approximate surface area is 85.8 Å². The van der Waals surface area contributed by atoms with E-state index < -0.39 is 0 Å². The van der Waals surface area contributed by atoms with Crippen molar-refractivity contribution in [3.8, 4) is 0 Å². The predicted molar refractivity (Wildman–Crippen MR) is 51.9 cm³/mol. The number of hydrogen-bond acceptors (Lipinski definition) is 0. The third-order valence-corrected chi connectivity index (χ3v) is 3.28. The molecule has 0 heterocycles. The molecule has 1 rings (SSSR count). The number of hydrogen-bond donors (Lipinski definition) is 0. The van der Waals surface area contributed by atoms with E-state index in [0.717, 1.165) is 8.95 Å². The van der Waals surface area contributed by atoms with Crippen molar-refractivity contribution in [3.05, 3.63) is 31.1 Å². The standard InChI is InChI=1S/C6H2Br2Cl2/c7-4-1-3(9)2-5(8)6(4)10/h1-2H. The zero-order valence-electron chi connectivity index (χ0n) is 4.67. The molecule has 0 fully saturated rings. The molecular formula is C6H2Br2Cl2. The van der Waals surface area contributed by atoms with Crippen LogP contribution in [-0.2, 0) is 0 Å². The van der Waals surface area contributed by atoms with Crippen LogP contribution < -0.4 is 0 Å². The van der Waals surface area contributed by atoms with Crippen molar-refractivity contribution >= 4 is 55.1 Å². The summed E-state index contributed by atoms with van der Waals surface area (Å²) >= 11 is 18.0. The molecule has 0 aliphatic carbocycles. The van der Waals surface area contributed by atoms with Crippen molar-refractivity contribution in [1.29, 1.82) is 0 Å². The van der Waals surface area contributed by atoms with Crippen LogP contribution >= 0.6 is 55.1 Å². The van der Waals surface area contributed by atoms with E-state index >= 15 is 0 Å². The van der Waals surface area contributed by atoms with E-state index in [-0.39, 0.29) is 0 Å². The van der Waals surface area contributed by atoms with Gasteiger partial charge in [-0.15, -0.1) is 0 Å². The highest BCUT2D eigenvalue weighted by Gasteiger charge is 2.02. The highest BCUT2D eigenvalue weighted by atomic mass is 79.9. The largest absolute Gasteiger partial charge is 0.0843 e. The Hall–Kier alpha value is 0.760. The summed E-state index contributed by atoms with van der Waals surface area (Å²) in [7, 11) is 0. The molecule has 0 nitrogen and oxygen atoms in total. The van der Waals surface area contributed by atoms with Crippen LogP contribution in [0.4, 0.5) is 0 Å². The van der Waals surface area contributed by atoms with Gasteiger partial charge in [-0.3, -0.25) is 0 Å². The third-order valence-electron chi connectivity index (χ3n) is 0.949. The second-order valence-electron chi connectivity index (χ2n) is 1.68. The Balaban J connectivity index is 3.31. The van der Waals surface area contributed by atoms with Crippen molar-refractivity contribution in [1.82, 2.24) is 0 Å². The molecule has 4 heteroatoms. The lowest BCUT2D eigenvalue weighted by Gasteiger charge is -1.98. The molecule has 0 unspecified atom stereocenters. The quantitative estimate of drug-likeness (QED) is 0.488. The molecule has 0 spiro atoms. The molecule has 1 aromatic carbocycles. The van der Waals surface area contributed by atoms with Crippen LogP contribution in [0.15, 0.2) is 21.1 Å². The first-order valence-electron chi connectivity index (χ1n) is 2.41. The van der Waals surface area contributed by atoms with Crippen molar-refractivity contribution in [2.75, 3.05) is 0 Å². The van der Waals surface area contributed by atoms with E-state index in [1.165, 1.54) is 0 Å². The average molecular weight is 305 g/mol. The molecule has 0 saturated heterocycles. The first-order valence-corrected chi connectivity index (χ1v) is 4.75. The minimum Gasteiger partial charge on any atom is -0.0843 e. The molecule has 1 aromatic rings. The van der Waals surface area contributed by atoms with Crippen LogP contribution in [0.5, 0.6) is 0 Å². The molecule has 0 saturated carbocycles. The van der Waals surface area contributed by atoms with Gasteiger partial charge in [-0.1, -0.05) is 23.2 Å². The fraction of sp³-hybridized carbons (Fsp3) is 0. The van der Waals surface area contributed by atoms with E-state index in [1.54, 1.807) is 12.1 Å². The fourth-order valence-corrected chi connectivity index (χ4v) is 2.30. The molecule has 0 bridgehead atoms. The Bertz CT molecular complexity index is 237. The van der Waals surface area contributed by atoms with Crippen molar-refractivity contribution in [3.63, 3.8) is 0 Å². The number of rotatable bonds is 0. The maximum Gasteiger partial charge on any atom is 0.0691 e. The van der Waals surface area contributed by atoms with E-state index in [1.807, 2.05) is 0 Å². The summed E-state index contributed by atoms with van der Waals surface area (Å²) in [5.41, 5.74) is 0. The van der Waals surface area contributed by atoms with Crippen LogP contribution in [0.3, 0.4) is 0 Å². The van der Waals surface area contributed by atoms with Gasteiger partial charge in [-0.2, -0.15) is 0 Å². The van der Waals surface area contributed by atoms with E-state index in [2.05, 4.69) is 31.9 Å². The fourth-order valence-electron chi connectivity index (χ4n) is 0.525. The lowest BCUT2D eigenvalue weighted by Crippen LogP contribution is -1.71. The second-order valence-corrected chi connectivity index (χ2v) is 4.21. The molecule has 0 aliphatic rings. The lowest BCUT2D eigenvalue weighted by molar-refractivity contribution is 1.60. The molecule has 0 amide bonds. The van der Waals surface area contributed by atoms with Crippen molar-refractivity contribution in [2.45, 2.75) is 0 Å². The van der Waals surface area contributed by atoms with Gasteiger partial charge in [-0.05, 0) is 44.0 Å². The molecule has 0 aromatic heterocycles. The molecule has 0 aliphatic heterocycles. The van der Waals surface area contributed by atoms with Gasteiger partial charge < -0.3 is 0 Å². The van der Waals surface area contributed by atoms with Gasteiger partial charge in [0.25, 0.3) is 0 Å². The van der Waals surface area contributed by atoms with Gasteiger partial charge in [-0.25, -0.2) is 0 Å². The minimum absolute atomic E-state index is 0.643. The normalized spacial score (nSPS) is 10.0. The molecule has 0 atom stereocenters. The van der Waals surface area contributed by atoms with Gasteiger partial charge in [0, 0.05) is 14.0 Å². The van der Waals surface area contributed by atoms with Gasteiger partial charge in [0.05, 0.1) is 5.02 Å². The molecule has 0 N–H and O–H groups in total. The van der Waals surface area contributed by atoms with Crippen LogP contribution in [0.2, 0.25) is 10.0 Å². The number of halogens is 4. The van der Waals surface area contributed by atoms with Crippen LogP contribution in [-0.4, -0.2) is 0 Å². The van der Waals surface area contributed by atoms with Crippen LogP contribution in [0, 0.1) is 0 Å². The summed E-state index contributed by atoms with van der Waals surface area (Å²) in [5, 5.41) is 1.30. The lowest BCUT2D eigenvalue weighted by atomic mass is 10.4. The summed E-state index contributed by atoms with van der Waals surface area (Å²) in [6, 6.07) is 3.49. The molecule has 0 radical (unpaired) electrons. The topological polar surface area (TPSA) is 0 Å². The minimum atomic E-state index is 0.643. The smallest absolute Gasteiger partial charge is 0.0691 e. The van der Waals surface area contributed by atoms with Crippen LogP contribution in [0.25, 0.3) is 0 Å². The predicted octanol–water partition coefficient (Wildman–Crippen LogP) is 4.52. The molecule has 10 heavy (non-hydrogen) atoms. The number of benzene rings is 1. The molecular weight excluding hydrogens is 303 g/mol. The zero-order valence-corrected chi connectivity index (χ0v) is 9.35. The average Bonchev–Trinajstić information content (AvgIpc) is 1.82. The van der Waals surface area contributed by atoms with Gasteiger partial charge >= 0.3 is 0 Å². The first-order chi connectivity index (χ1) is 4.61. The summed E-state index contributed by atoms with van der Waals surface area (Å²) in [6.07, 6.45) is 0. The van der Waals surface area contributed by atoms with Crippen LogP contribution in [0.1, 0.15) is 0 Å². The first kappa shape index (κ1) is 8.85. The van der Waals surface area contributed by atoms with E-state index in [0.29, 0.717) is 10.0 Å². The Morgan fingerprint density at radius 3 is 1.80 bits per heavy atom. The summed E-state index contributed by atoms with van der Waals surface area (Å²) < 4.78 is 1.60. The summed E-state index contributed by atoms with van der Waals surface area (Å²) in [5.74, 6) is 0. The van der Waals surface area contributed by atoms with E-state index in [4.69, 9.17) is 23.2 Å². The summed E-state index contributed by atoms with van der Waals surface area (Å²) in [6.45, 7) is 0. The Morgan fingerprint density at radius 2 is 1.40 bits per heavy atom. The molecule has 54 valence electrons. The van der Waals surface area contributed by atoms with Crippen molar-refractivity contribution < 1.29 is 0 Å².